The summed E-state index contributed by atoms with van der Waals surface area (Å²) in [5, 5.41) is 14.4. The molecule has 0 spiro atoms. The van der Waals surface area contributed by atoms with E-state index in [0.717, 1.165) is 11.1 Å². The third-order valence-electron chi connectivity index (χ3n) is 1.62. The molecule has 0 aromatic carbocycles. The second-order valence-electron chi connectivity index (χ2n) is 2.74. The van der Waals surface area contributed by atoms with Crippen LogP contribution in [0.3, 0.4) is 0 Å². The van der Waals surface area contributed by atoms with Gasteiger partial charge in [0.05, 0.1) is 6.04 Å². The van der Waals surface area contributed by atoms with E-state index in [1.165, 1.54) is 0 Å². The molecule has 0 aliphatic carbocycles. The van der Waals surface area contributed by atoms with E-state index >= 15 is 0 Å². The highest BCUT2D eigenvalue weighted by molar-refractivity contribution is 7.09. The zero-order valence-electron chi connectivity index (χ0n) is 7.80. The average Bonchev–Trinajstić information content (AvgIpc) is 2.64. The number of thiazole rings is 1. The van der Waals surface area contributed by atoms with Gasteiger partial charge in [-0.05, 0) is 6.92 Å². The lowest BCUT2D eigenvalue weighted by molar-refractivity contribution is -0.131. The largest absolute Gasteiger partial charge is 0.478 e. The van der Waals surface area contributed by atoms with Crippen molar-refractivity contribution in [1.29, 1.82) is 0 Å². The molecule has 0 bridgehead atoms. The summed E-state index contributed by atoms with van der Waals surface area (Å²) in [5.41, 5.74) is 0. The van der Waals surface area contributed by atoms with Crippen molar-refractivity contribution in [3.05, 3.63) is 28.7 Å². The second kappa shape index (κ2) is 5.51. The summed E-state index contributed by atoms with van der Waals surface area (Å²) in [6.45, 7) is 2.53. The first-order valence-corrected chi connectivity index (χ1v) is 5.10. The fourth-order valence-corrected chi connectivity index (χ4v) is 1.61. The number of aliphatic carboxylic acids is 1. The number of carboxylic acid groups (broad SMARTS) is 1. The van der Waals surface area contributed by atoms with Crippen LogP contribution in [-0.2, 0) is 4.79 Å². The molecule has 1 rings (SSSR count). The summed E-state index contributed by atoms with van der Waals surface area (Å²) in [6.07, 6.45) is 4.46. The van der Waals surface area contributed by atoms with Crippen LogP contribution in [0.25, 0.3) is 0 Å². The predicted octanol–water partition coefficient (Wildman–Crippen LogP) is 1.43. The van der Waals surface area contributed by atoms with E-state index in [-0.39, 0.29) is 6.04 Å². The number of nitrogens with zero attached hydrogens (tertiary/aromatic N) is 1. The van der Waals surface area contributed by atoms with Crippen LogP contribution >= 0.6 is 11.3 Å². The molecule has 2 N–H and O–H groups in total. The molecule has 4 nitrogen and oxygen atoms in total. The molecular weight excluding hydrogens is 200 g/mol. The Morgan fingerprint density at radius 3 is 3.21 bits per heavy atom. The monoisotopic (exact) mass is 212 g/mol. The van der Waals surface area contributed by atoms with E-state index in [4.69, 9.17) is 5.11 Å². The van der Waals surface area contributed by atoms with Crippen LogP contribution in [0.2, 0.25) is 0 Å². The van der Waals surface area contributed by atoms with Crippen molar-refractivity contribution < 1.29 is 9.90 Å². The molecule has 1 atom stereocenters. The average molecular weight is 212 g/mol. The Morgan fingerprint density at radius 1 is 1.86 bits per heavy atom. The Kier molecular flexibility index (Phi) is 4.28. The number of hydrogen-bond donors (Lipinski definition) is 2. The molecule has 0 saturated heterocycles. The molecule has 76 valence electrons. The van der Waals surface area contributed by atoms with E-state index < -0.39 is 5.97 Å². The third kappa shape index (κ3) is 3.68. The molecule has 0 fully saturated rings. The number of carbonyl (C=O) groups is 1. The van der Waals surface area contributed by atoms with Crippen LogP contribution in [0.15, 0.2) is 23.7 Å². The summed E-state index contributed by atoms with van der Waals surface area (Å²) in [5.74, 6) is -0.922. The van der Waals surface area contributed by atoms with Gasteiger partial charge in [-0.15, -0.1) is 11.3 Å². The number of rotatable bonds is 5. The first-order valence-electron chi connectivity index (χ1n) is 4.22. The predicted molar refractivity (Wildman–Crippen MR) is 55.3 cm³/mol. The zero-order valence-corrected chi connectivity index (χ0v) is 8.62. The normalized spacial score (nSPS) is 13.2. The van der Waals surface area contributed by atoms with Gasteiger partial charge in [0.2, 0.25) is 0 Å². The molecule has 1 heterocycles. The third-order valence-corrected chi connectivity index (χ3v) is 2.58. The van der Waals surface area contributed by atoms with E-state index in [1.54, 1.807) is 23.6 Å². The van der Waals surface area contributed by atoms with Gasteiger partial charge in [-0.25, -0.2) is 9.78 Å². The molecule has 1 unspecified atom stereocenters. The first kappa shape index (κ1) is 10.9. The molecule has 0 saturated carbocycles. The van der Waals surface area contributed by atoms with E-state index in [0.29, 0.717) is 6.54 Å². The van der Waals surface area contributed by atoms with Gasteiger partial charge in [0, 0.05) is 24.2 Å². The molecule has 5 heteroatoms. The summed E-state index contributed by atoms with van der Waals surface area (Å²) >= 11 is 1.58. The Labute approximate surface area is 86.3 Å². The number of hydrogen-bond acceptors (Lipinski definition) is 4. The minimum absolute atomic E-state index is 0.161. The van der Waals surface area contributed by atoms with Crippen molar-refractivity contribution >= 4 is 17.3 Å². The van der Waals surface area contributed by atoms with Crippen molar-refractivity contribution in [2.24, 2.45) is 0 Å². The smallest absolute Gasteiger partial charge is 0.328 e. The fraction of sp³-hybridized carbons (Fsp3) is 0.333. The van der Waals surface area contributed by atoms with Gasteiger partial charge in [0.25, 0.3) is 0 Å². The van der Waals surface area contributed by atoms with Crippen LogP contribution in [0, 0.1) is 0 Å². The maximum Gasteiger partial charge on any atom is 0.328 e. The molecule has 0 amide bonds. The lowest BCUT2D eigenvalue weighted by Gasteiger charge is -2.07. The lowest BCUT2D eigenvalue weighted by Crippen LogP contribution is -2.18. The molecule has 14 heavy (non-hydrogen) atoms. The molecule has 0 aliphatic heterocycles. The highest BCUT2D eigenvalue weighted by Crippen LogP contribution is 2.13. The van der Waals surface area contributed by atoms with Gasteiger partial charge in [-0.1, -0.05) is 6.08 Å². The van der Waals surface area contributed by atoms with Gasteiger partial charge < -0.3 is 10.4 Å². The van der Waals surface area contributed by atoms with Crippen LogP contribution in [0.5, 0.6) is 0 Å². The molecular formula is C9H12N2O2S. The number of aromatic nitrogens is 1. The maximum atomic E-state index is 10.1. The number of carboxylic acids is 1. The zero-order chi connectivity index (χ0) is 10.4. The Hall–Kier alpha value is -1.20. The topological polar surface area (TPSA) is 62.2 Å². The van der Waals surface area contributed by atoms with Crippen LogP contribution in [0.4, 0.5) is 0 Å². The molecule has 0 radical (unpaired) electrons. The SMILES string of the molecule is CC(NC/C=C/C(=O)O)c1nccs1. The summed E-state index contributed by atoms with van der Waals surface area (Å²) < 4.78 is 0. The van der Waals surface area contributed by atoms with Crippen molar-refractivity contribution in [2.45, 2.75) is 13.0 Å². The minimum Gasteiger partial charge on any atom is -0.478 e. The Balaban J connectivity index is 2.29. The molecule has 1 aromatic rings. The summed E-state index contributed by atoms with van der Waals surface area (Å²) in [6, 6.07) is 0.161. The molecule has 0 aliphatic rings. The quantitative estimate of drug-likeness (QED) is 0.725. The molecule has 1 aromatic heterocycles. The van der Waals surface area contributed by atoms with E-state index in [1.807, 2.05) is 12.3 Å². The lowest BCUT2D eigenvalue weighted by atomic mass is 10.3. The maximum absolute atomic E-state index is 10.1. The van der Waals surface area contributed by atoms with Gasteiger partial charge in [-0.3, -0.25) is 0 Å². The van der Waals surface area contributed by atoms with E-state index in [2.05, 4.69) is 10.3 Å². The summed E-state index contributed by atoms with van der Waals surface area (Å²) in [4.78, 5) is 14.3. The standard InChI is InChI=1S/C9H12N2O2S/c1-7(9-11-5-6-14-9)10-4-2-3-8(12)13/h2-3,5-7,10H,4H2,1H3,(H,12,13)/b3-2+. The Morgan fingerprint density at radius 2 is 2.64 bits per heavy atom. The second-order valence-corrected chi connectivity index (χ2v) is 3.67. The number of nitrogens with one attached hydrogen (secondary N) is 1. The highest BCUT2D eigenvalue weighted by Gasteiger charge is 2.04. The van der Waals surface area contributed by atoms with Gasteiger partial charge >= 0.3 is 5.97 Å². The first-order chi connectivity index (χ1) is 6.70. The van der Waals surface area contributed by atoms with Gasteiger partial charge in [0.1, 0.15) is 5.01 Å². The summed E-state index contributed by atoms with van der Waals surface area (Å²) in [7, 11) is 0. The van der Waals surface area contributed by atoms with E-state index in [9.17, 15) is 4.79 Å². The minimum atomic E-state index is -0.922. The Bertz CT molecular complexity index is 309. The van der Waals surface area contributed by atoms with Crippen molar-refractivity contribution in [3.63, 3.8) is 0 Å². The van der Waals surface area contributed by atoms with Crippen LogP contribution < -0.4 is 5.32 Å². The van der Waals surface area contributed by atoms with Crippen LogP contribution in [-0.4, -0.2) is 22.6 Å². The van der Waals surface area contributed by atoms with Gasteiger partial charge in [-0.2, -0.15) is 0 Å². The van der Waals surface area contributed by atoms with Crippen molar-refractivity contribution in [1.82, 2.24) is 10.3 Å². The highest BCUT2D eigenvalue weighted by atomic mass is 32.1. The van der Waals surface area contributed by atoms with Crippen LogP contribution in [0.1, 0.15) is 18.0 Å². The van der Waals surface area contributed by atoms with Crippen molar-refractivity contribution in [3.8, 4) is 0 Å². The fourth-order valence-electron chi connectivity index (χ4n) is 0.940. The van der Waals surface area contributed by atoms with Gasteiger partial charge in [0.15, 0.2) is 0 Å². The van der Waals surface area contributed by atoms with Crippen molar-refractivity contribution in [2.75, 3.05) is 6.54 Å².